The van der Waals surface area contributed by atoms with Crippen LogP contribution < -0.4 is 10.9 Å². The van der Waals surface area contributed by atoms with Crippen molar-refractivity contribution < 1.29 is 4.79 Å². The molecule has 0 saturated carbocycles. The van der Waals surface area contributed by atoms with E-state index in [1.165, 1.54) is 0 Å². The van der Waals surface area contributed by atoms with Gasteiger partial charge in [0.2, 0.25) is 5.91 Å². The Morgan fingerprint density at radius 1 is 1.30 bits per heavy atom. The van der Waals surface area contributed by atoms with E-state index >= 15 is 0 Å². The van der Waals surface area contributed by atoms with Gasteiger partial charge in [0.15, 0.2) is 0 Å². The fourth-order valence-corrected chi connectivity index (χ4v) is 2.19. The summed E-state index contributed by atoms with van der Waals surface area (Å²) in [4.78, 5) is 24.1. The minimum absolute atomic E-state index is 0.0367. The predicted molar refractivity (Wildman–Crippen MR) is 85.8 cm³/mol. The van der Waals surface area contributed by atoms with Gasteiger partial charge in [0.05, 0.1) is 5.69 Å². The molecule has 23 heavy (non-hydrogen) atoms. The van der Waals surface area contributed by atoms with Gasteiger partial charge in [-0.25, -0.2) is 4.68 Å². The molecule has 118 valence electrons. The molecule has 0 bridgehead atoms. The third-order valence-electron chi connectivity index (χ3n) is 3.62. The van der Waals surface area contributed by atoms with Crippen molar-refractivity contribution in [2.45, 2.75) is 26.8 Å². The first kappa shape index (κ1) is 16.4. The van der Waals surface area contributed by atoms with E-state index in [0.29, 0.717) is 24.2 Å². The summed E-state index contributed by atoms with van der Waals surface area (Å²) in [6, 6.07) is 11.7. The molecular weight excluding hydrogens is 292 g/mol. The highest BCUT2D eigenvalue weighted by Gasteiger charge is 2.13. The van der Waals surface area contributed by atoms with Crippen LogP contribution in [0.25, 0.3) is 0 Å². The van der Waals surface area contributed by atoms with Gasteiger partial charge in [-0.3, -0.25) is 9.59 Å². The Morgan fingerprint density at radius 2 is 2.00 bits per heavy atom. The SMILES string of the molecule is Cc1nn(CC(=O)NCCc2ccccc2)c(=O)c(C#N)c1C. The molecule has 1 heterocycles. The molecule has 6 heteroatoms. The molecule has 0 aliphatic heterocycles. The first-order valence-corrected chi connectivity index (χ1v) is 7.32. The number of hydrogen-bond donors (Lipinski definition) is 1. The quantitative estimate of drug-likeness (QED) is 0.895. The van der Waals surface area contributed by atoms with Gasteiger partial charge in [-0.15, -0.1) is 0 Å². The third-order valence-corrected chi connectivity index (χ3v) is 3.62. The van der Waals surface area contributed by atoms with E-state index in [1.807, 2.05) is 36.4 Å². The van der Waals surface area contributed by atoms with Crippen LogP contribution in [-0.4, -0.2) is 22.2 Å². The molecule has 0 aliphatic rings. The van der Waals surface area contributed by atoms with E-state index in [-0.39, 0.29) is 18.0 Å². The maximum atomic E-state index is 12.1. The highest BCUT2D eigenvalue weighted by molar-refractivity contribution is 5.75. The van der Waals surface area contributed by atoms with Crippen molar-refractivity contribution in [3.63, 3.8) is 0 Å². The Hall–Kier alpha value is -2.94. The number of nitrogens with one attached hydrogen (secondary N) is 1. The van der Waals surface area contributed by atoms with Crippen molar-refractivity contribution in [2.75, 3.05) is 6.54 Å². The van der Waals surface area contributed by atoms with Crippen molar-refractivity contribution in [2.24, 2.45) is 0 Å². The van der Waals surface area contributed by atoms with E-state index in [2.05, 4.69) is 10.4 Å². The normalized spacial score (nSPS) is 10.1. The summed E-state index contributed by atoms with van der Waals surface area (Å²) in [5.41, 5.74) is 1.75. The summed E-state index contributed by atoms with van der Waals surface area (Å²) in [6.07, 6.45) is 0.714. The van der Waals surface area contributed by atoms with Gasteiger partial charge in [-0.1, -0.05) is 30.3 Å². The van der Waals surface area contributed by atoms with Gasteiger partial charge in [-0.05, 0) is 31.4 Å². The number of hydrogen-bond acceptors (Lipinski definition) is 4. The summed E-state index contributed by atoms with van der Waals surface area (Å²) in [5, 5.41) is 15.9. The predicted octanol–water partition coefficient (Wildman–Crippen LogP) is 1.09. The van der Waals surface area contributed by atoms with Crippen LogP contribution in [0.1, 0.15) is 22.4 Å². The smallest absolute Gasteiger partial charge is 0.285 e. The zero-order valence-corrected chi connectivity index (χ0v) is 13.2. The second-order valence-corrected chi connectivity index (χ2v) is 5.25. The van der Waals surface area contributed by atoms with E-state index in [9.17, 15) is 9.59 Å². The van der Waals surface area contributed by atoms with Gasteiger partial charge in [0, 0.05) is 6.54 Å². The van der Waals surface area contributed by atoms with Crippen molar-refractivity contribution in [1.82, 2.24) is 15.1 Å². The standard InChI is InChI=1S/C17H18N4O2/c1-12-13(2)20-21(17(23)15(12)10-18)11-16(22)19-9-8-14-6-4-3-5-7-14/h3-7H,8-9,11H2,1-2H3,(H,19,22). The van der Waals surface area contributed by atoms with E-state index in [4.69, 9.17) is 5.26 Å². The Kier molecular flexibility index (Phi) is 5.26. The van der Waals surface area contributed by atoms with Crippen molar-refractivity contribution in [3.8, 4) is 6.07 Å². The molecule has 0 spiro atoms. The minimum atomic E-state index is -0.534. The van der Waals surface area contributed by atoms with Gasteiger partial charge < -0.3 is 5.32 Å². The third kappa shape index (κ3) is 4.04. The fourth-order valence-electron chi connectivity index (χ4n) is 2.19. The number of aromatic nitrogens is 2. The lowest BCUT2D eigenvalue weighted by Gasteiger charge is -2.09. The van der Waals surface area contributed by atoms with Crippen LogP contribution in [0, 0.1) is 25.2 Å². The van der Waals surface area contributed by atoms with Crippen LogP contribution in [0.4, 0.5) is 0 Å². The summed E-state index contributed by atoms with van der Waals surface area (Å²) >= 11 is 0. The van der Waals surface area contributed by atoms with Gasteiger partial charge in [-0.2, -0.15) is 10.4 Å². The van der Waals surface area contributed by atoms with Gasteiger partial charge >= 0.3 is 0 Å². The molecule has 1 amide bonds. The fraction of sp³-hybridized carbons (Fsp3) is 0.294. The molecule has 1 N–H and O–H groups in total. The van der Waals surface area contributed by atoms with E-state index in [0.717, 1.165) is 10.2 Å². The Balaban J connectivity index is 2.00. The average molecular weight is 310 g/mol. The molecule has 0 radical (unpaired) electrons. The molecule has 0 aliphatic carbocycles. The van der Waals surface area contributed by atoms with Crippen molar-refractivity contribution in [1.29, 1.82) is 5.26 Å². The number of amides is 1. The summed E-state index contributed by atoms with van der Waals surface area (Å²) in [5.74, 6) is -0.303. The second kappa shape index (κ2) is 7.36. The first-order valence-electron chi connectivity index (χ1n) is 7.32. The highest BCUT2D eigenvalue weighted by Crippen LogP contribution is 2.04. The summed E-state index contributed by atoms with van der Waals surface area (Å²) in [7, 11) is 0. The molecule has 1 aromatic heterocycles. The molecule has 0 unspecified atom stereocenters. The molecule has 0 fully saturated rings. The van der Waals surface area contributed by atoms with Crippen molar-refractivity contribution in [3.05, 3.63) is 63.1 Å². The van der Waals surface area contributed by atoms with Crippen LogP contribution in [-0.2, 0) is 17.8 Å². The monoisotopic (exact) mass is 310 g/mol. The van der Waals surface area contributed by atoms with E-state index < -0.39 is 5.56 Å². The average Bonchev–Trinajstić information content (AvgIpc) is 2.54. The Bertz CT molecular complexity index is 804. The lowest BCUT2D eigenvalue weighted by Crippen LogP contribution is -2.36. The number of aryl methyl sites for hydroxylation is 1. The molecule has 6 nitrogen and oxygen atoms in total. The Morgan fingerprint density at radius 3 is 2.65 bits per heavy atom. The van der Waals surface area contributed by atoms with Gasteiger partial charge in [0.25, 0.3) is 5.56 Å². The number of carbonyl (C=O) groups excluding carboxylic acids is 1. The first-order chi connectivity index (χ1) is 11.0. The zero-order chi connectivity index (χ0) is 16.8. The Labute approximate surface area is 134 Å². The molecule has 2 aromatic rings. The van der Waals surface area contributed by atoms with Crippen LogP contribution in [0.5, 0.6) is 0 Å². The number of carbonyl (C=O) groups is 1. The topological polar surface area (TPSA) is 87.8 Å². The number of benzene rings is 1. The van der Waals surface area contributed by atoms with Gasteiger partial charge in [0.1, 0.15) is 18.2 Å². The molecule has 1 aromatic carbocycles. The zero-order valence-electron chi connectivity index (χ0n) is 13.2. The van der Waals surface area contributed by atoms with Crippen LogP contribution in [0.2, 0.25) is 0 Å². The van der Waals surface area contributed by atoms with Crippen LogP contribution in [0.15, 0.2) is 35.1 Å². The van der Waals surface area contributed by atoms with Crippen LogP contribution >= 0.6 is 0 Å². The number of rotatable bonds is 5. The molecule has 0 atom stereocenters. The number of nitrogens with zero attached hydrogens (tertiary/aromatic N) is 3. The molecule has 0 saturated heterocycles. The molecular formula is C17H18N4O2. The van der Waals surface area contributed by atoms with Crippen molar-refractivity contribution >= 4 is 5.91 Å². The summed E-state index contributed by atoms with van der Waals surface area (Å²) in [6.45, 7) is 3.67. The minimum Gasteiger partial charge on any atom is -0.354 e. The highest BCUT2D eigenvalue weighted by atomic mass is 16.2. The largest absolute Gasteiger partial charge is 0.354 e. The lowest BCUT2D eigenvalue weighted by atomic mass is 10.1. The maximum absolute atomic E-state index is 12.1. The summed E-state index contributed by atoms with van der Waals surface area (Å²) < 4.78 is 1.04. The molecule has 2 rings (SSSR count). The van der Waals surface area contributed by atoms with E-state index in [1.54, 1.807) is 13.8 Å². The number of nitriles is 1. The maximum Gasteiger partial charge on any atom is 0.285 e. The lowest BCUT2D eigenvalue weighted by molar-refractivity contribution is -0.121. The van der Waals surface area contributed by atoms with Crippen LogP contribution in [0.3, 0.4) is 0 Å². The second-order valence-electron chi connectivity index (χ2n) is 5.25.